The van der Waals surface area contributed by atoms with E-state index in [0.29, 0.717) is 19.4 Å². The summed E-state index contributed by atoms with van der Waals surface area (Å²) < 4.78 is 0. The van der Waals surface area contributed by atoms with Gasteiger partial charge in [-0.3, -0.25) is 9.59 Å². The van der Waals surface area contributed by atoms with Gasteiger partial charge in [-0.1, -0.05) is 105 Å². The highest BCUT2D eigenvalue weighted by molar-refractivity contribution is 5.83. The second-order valence-corrected chi connectivity index (χ2v) is 9.38. The smallest absolute Gasteiger partial charge is 0.327 e. The molecule has 0 unspecified atom stereocenters. The molecule has 0 bridgehead atoms. The van der Waals surface area contributed by atoms with E-state index in [-0.39, 0.29) is 11.8 Å². The van der Waals surface area contributed by atoms with Crippen LogP contribution in [0.15, 0.2) is 12.7 Å². The van der Waals surface area contributed by atoms with E-state index in [1.807, 2.05) is 6.92 Å². The zero-order valence-electron chi connectivity index (χ0n) is 24.8. The quantitative estimate of drug-likeness (QED) is 0.0867. The second kappa shape index (κ2) is 36.3. The van der Waals surface area contributed by atoms with Crippen molar-refractivity contribution in [3.05, 3.63) is 12.7 Å². The van der Waals surface area contributed by atoms with Crippen molar-refractivity contribution in [1.29, 1.82) is 0 Å². The Labute approximate surface area is 229 Å². The maximum atomic E-state index is 11.6. The second-order valence-electron chi connectivity index (χ2n) is 9.38. The summed E-state index contributed by atoms with van der Waals surface area (Å²) in [7, 11) is 0. The summed E-state index contributed by atoms with van der Waals surface area (Å²) in [5, 5.41) is 16.7. The molecule has 220 valence electrons. The van der Waals surface area contributed by atoms with Gasteiger partial charge in [-0.15, -0.1) is 0 Å². The average Bonchev–Trinajstić information content (AvgIpc) is 2.90. The monoisotopic (exact) mass is 527 g/mol. The van der Waals surface area contributed by atoms with Crippen molar-refractivity contribution in [2.45, 2.75) is 137 Å². The van der Waals surface area contributed by atoms with Crippen LogP contribution in [0.3, 0.4) is 0 Å². The molecule has 2 amide bonds. The molecule has 4 N–H and O–H groups in total. The third-order valence-electron chi connectivity index (χ3n) is 5.59. The van der Waals surface area contributed by atoms with Gasteiger partial charge in [0.2, 0.25) is 11.8 Å². The van der Waals surface area contributed by atoms with Crippen LogP contribution in [-0.4, -0.2) is 49.1 Å². The van der Waals surface area contributed by atoms with Gasteiger partial charge in [-0.2, -0.15) is 0 Å². The summed E-state index contributed by atoms with van der Waals surface area (Å²) >= 11 is 0. The molecule has 0 spiro atoms. The zero-order chi connectivity index (χ0) is 28.4. The third-order valence-corrected chi connectivity index (χ3v) is 5.59. The highest BCUT2D eigenvalue weighted by Gasteiger charge is 2.05. The molecule has 0 aromatic carbocycles. The molecular formula is C30H61N3O4. The number of unbranched alkanes of at least 4 members (excludes halogenated alkanes) is 11. The lowest BCUT2D eigenvalue weighted by molar-refractivity contribution is -0.131. The summed E-state index contributed by atoms with van der Waals surface area (Å²) in [5.41, 5.74) is 0. The van der Waals surface area contributed by atoms with E-state index in [4.69, 9.17) is 5.11 Å². The standard InChI is InChI=1S/C19H38N2O2.C8H19N.C3H4O2/c1-3-5-6-7-8-9-10-11-12-13-17-21-19(23)15-14-18(22)20-16-4-2;1-3-5-7-9-8-6-4-2;1-2-3(4)5/h3-17H2,1-2H3,(H,20,22)(H,21,23);9H,3-8H2,1-2H3;2H,1H2,(H,4,5). The van der Waals surface area contributed by atoms with Gasteiger partial charge in [0.05, 0.1) is 0 Å². The Morgan fingerprint density at radius 3 is 1.32 bits per heavy atom. The molecule has 0 aromatic heterocycles. The Balaban J connectivity index is -0.000000674. The lowest BCUT2D eigenvalue weighted by Gasteiger charge is -2.06. The van der Waals surface area contributed by atoms with Crippen LogP contribution in [-0.2, 0) is 14.4 Å². The summed E-state index contributed by atoms with van der Waals surface area (Å²) in [6.45, 7) is 15.5. The highest BCUT2D eigenvalue weighted by atomic mass is 16.4. The van der Waals surface area contributed by atoms with E-state index in [1.165, 1.54) is 96.6 Å². The number of amides is 2. The Morgan fingerprint density at radius 1 is 0.568 bits per heavy atom. The SMILES string of the molecule is C=CC(=O)O.CCCCCCCCCCCCNC(=O)CCC(=O)NCCC.CCCCNCCCC. The van der Waals surface area contributed by atoms with Crippen molar-refractivity contribution >= 4 is 17.8 Å². The minimum atomic E-state index is -0.981. The molecule has 0 atom stereocenters. The van der Waals surface area contributed by atoms with Gasteiger partial charge in [0, 0.05) is 32.0 Å². The van der Waals surface area contributed by atoms with Crippen molar-refractivity contribution in [2.24, 2.45) is 0 Å². The lowest BCUT2D eigenvalue weighted by Crippen LogP contribution is -2.28. The number of rotatable bonds is 23. The minimum absolute atomic E-state index is 0.00688. The van der Waals surface area contributed by atoms with Gasteiger partial charge in [-0.05, 0) is 38.8 Å². The Morgan fingerprint density at radius 2 is 0.946 bits per heavy atom. The molecule has 7 heteroatoms. The topological polar surface area (TPSA) is 108 Å². The van der Waals surface area contributed by atoms with Crippen molar-refractivity contribution in [2.75, 3.05) is 26.2 Å². The van der Waals surface area contributed by atoms with Crippen LogP contribution in [0.5, 0.6) is 0 Å². The Bertz CT molecular complexity index is 507. The molecule has 0 radical (unpaired) electrons. The Hall–Kier alpha value is -1.89. The molecule has 0 aromatic rings. The number of carboxylic acids is 1. The number of nitrogens with one attached hydrogen (secondary N) is 3. The van der Waals surface area contributed by atoms with E-state index in [9.17, 15) is 14.4 Å². The molecule has 0 aliphatic heterocycles. The molecule has 0 rings (SSSR count). The van der Waals surface area contributed by atoms with Crippen LogP contribution in [0.2, 0.25) is 0 Å². The first-order chi connectivity index (χ1) is 17.9. The fourth-order valence-electron chi connectivity index (χ4n) is 3.24. The van der Waals surface area contributed by atoms with Gasteiger partial charge in [0.15, 0.2) is 0 Å². The number of carbonyl (C=O) groups excluding carboxylic acids is 2. The summed E-state index contributed by atoms with van der Waals surface area (Å²) in [4.78, 5) is 32.2. The van der Waals surface area contributed by atoms with Crippen molar-refractivity contribution in [3.63, 3.8) is 0 Å². The van der Waals surface area contributed by atoms with E-state index >= 15 is 0 Å². The maximum Gasteiger partial charge on any atom is 0.327 e. The largest absolute Gasteiger partial charge is 0.478 e. The summed E-state index contributed by atoms with van der Waals surface area (Å²) in [6.07, 6.45) is 20.6. The van der Waals surface area contributed by atoms with E-state index in [0.717, 1.165) is 25.5 Å². The van der Waals surface area contributed by atoms with Gasteiger partial charge in [-0.25, -0.2) is 4.79 Å². The lowest BCUT2D eigenvalue weighted by atomic mass is 10.1. The molecule has 0 fully saturated rings. The van der Waals surface area contributed by atoms with Gasteiger partial charge in [0.25, 0.3) is 0 Å². The predicted octanol–water partition coefficient (Wildman–Crippen LogP) is 6.76. The fourth-order valence-corrected chi connectivity index (χ4v) is 3.24. The van der Waals surface area contributed by atoms with Crippen LogP contribution < -0.4 is 16.0 Å². The Kier molecular flexibility index (Phi) is 38.8. The van der Waals surface area contributed by atoms with Crippen molar-refractivity contribution in [3.8, 4) is 0 Å². The van der Waals surface area contributed by atoms with Crippen LogP contribution in [0, 0.1) is 0 Å². The maximum absolute atomic E-state index is 11.6. The van der Waals surface area contributed by atoms with Crippen LogP contribution in [0.1, 0.15) is 137 Å². The first-order valence-corrected chi connectivity index (χ1v) is 15.0. The molecule has 0 aliphatic rings. The zero-order valence-corrected chi connectivity index (χ0v) is 24.8. The third kappa shape index (κ3) is 44.5. The number of hydrogen-bond acceptors (Lipinski definition) is 4. The van der Waals surface area contributed by atoms with Crippen molar-refractivity contribution in [1.82, 2.24) is 16.0 Å². The van der Waals surface area contributed by atoms with Crippen LogP contribution >= 0.6 is 0 Å². The fraction of sp³-hybridized carbons (Fsp3) is 0.833. The molecule has 0 saturated heterocycles. The van der Waals surface area contributed by atoms with Gasteiger partial charge >= 0.3 is 5.97 Å². The molecular weight excluding hydrogens is 466 g/mol. The van der Waals surface area contributed by atoms with E-state index in [2.05, 4.69) is 43.3 Å². The number of carboxylic acid groups (broad SMARTS) is 1. The van der Waals surface area contributed by atoms with Gasteiger partial charge in [0.1, 0.15) is 0 Å². The first-order valence-electron chi connectivity index (χ1n) is 15.0. The number of carbonyl (C=O) groups is 3. The van der Waals surface area contributed by atoms with E-state index in [1.54, 1.807) is 0 Å². The number of aliphatic carboxylic acids is 1. The summed E-state index contributed by atoms with van der Waals surface area (Å²) in [6, 6.07) is 0. The van der Waals surface area contributed by atoms with E-state index < -0.39 is 5.97 Å². The van der Waals surface area contributed by atoms with Crippen LogP contribution in [0.25, 0.3) is 0 Å². The average molecular weight is 528 g/mol. The summed E-state index contributed by atoms with van der Waals surface area (Å²) in [5.74, 6) is -1.02. The van der Waals surface area contributed by atoms with Crippen LogP contribution in [0.4, 0.5) is 0 Å². The molecule has 7 nitrogen and oxygen atoms in total. The first kappa shape index (κ1) is 39.6. The normalized spacial score (nSPS) is 9.84. The molecule has 37 heavy (non-hydrogen) atoms. The molecule has 0 heterocycles. The number of hydrogen-bond donors (Lipinski definition) is 4. The minimum Gasteiger partial charge on any atom is -0.478 e. The molecule has 0 saturated carbocycles. The highest BCUT2D eigenvalue weighted by Crippen LogP contribution is 2.10. The predicted molar refractivity (Wildman–Crippen MR) is 158 cm³/mol. The molecule has 0 aliphatic carbocycles. The van der Waals surface area contributed by atoms with Gasteiger partial charge < -0.3 is 21.1 Å². The van der Waals surface area contributed by atoms with Crippen molar-refractivity contribution < 1.29 is 19.5 Å².